The SMILES string of the molecule is CC(=O)N(C)[C@H]1CCN(C(=O)c2cnc3c(c2)OC[C@H](c2ccccc2)N3)C1. The van der Waals surface area contributed by atoms with Gasteiger partial charge < -0.3 is 19.9 Å². The lowest BCUT2D eigenvalue weighted by atomic mass is 10.1. The predicted octanol–water partition coefficient (Wildman–Crippen LogP) is 2.32. The molecule has 0 aliphatic carbocycles. The van der Waals surface area contributed by atoms with Gasteiger partial charge in [0.05, 0.1) is 17.6 Å². The van der Waals surface area contributed by atoms with Crippen molar-refractivity contribution in [1.82, 2.24) is 14.8 Å². The zero-order valence-corrected chi connectivity index (χ0v) is 16.1. The topological polar surface area (TPSA) is 74.8 Å². The fourth-order valence-electron chi connectivity index (χ4n) is 3.71. The van der Waals surface area contributed by atoms with E-state index in [0.717, 1.165) is 12.0 Å². The fourth-order valence-corrected chi connectivity index (χ4v) is 3.71. The fraction of sp³-hybridized carbons (Fsp3) is 0.381. The molecule has 2 atom stereocenters. The predicted molar refractivity (Wildman–Crippen MR) is 105 cm³/mol. The van der Waals surface area contributed by atoms with Gasteiger partial charge in [-0.25, -0.2) is 4.98 Å². The van der Waals surface area contributed by atoms with Crippen molar-refractivity contribution in [2.75, 3.05) is 32.1 Å². The second-order valence-corrected chi connectivity index (χ2v) is 7.31. The highest BCUT2D eigenvalue weighted by Gasteiger charge is 2.31. The minimum absolute atomic E-state index is 0.0159. The maximum absolute atomic E-state index is 12.9. The van der Waals surface area contributed by atoms with Crippen LogP contribution in [0.3, 0.4) is 0 Å². The second kappa shape index (κ2) is 7.50. The Balaban J connectivity index is 1.45. The number of nitrogens with one attached hydrogen (secondary N) is 1. The Kier molecular flexibility index (Phi) is 4.90. The Morgan fingerprint density at radius 1 is 1.29 bits per heavy atom. The molecule has 1 saturated heterocycles. The second-order valence-electron chi connectivity index (χ2n) is 7.31. The standard InChI is InChI=1S/C21H24N4O3/c1-14(26)24(2)17-8-9-25(12-17)21(27)16-10-19-20(22-11-16)23-18(13-28-19)15-6-4-3-5-7-15/h3-7,10-11,17-18H,8-9,12-13H2,1-2H3,(H,22,23)/t17-,18+/m0/s1. The Morgan fingerprint density at radius 3 is 2.82 bits per heavy atom. The molecule has 2 amide bonds. The summed E-state index contributed by atoms with van der Waals surface area (Å²) < 4.78 is 5.89. The van der Waals surface area contributed by atoms with Crippen LogP contribution in [0.4, 0.5) is 5.82 Å². The molecule has 2 aromatic rings. The van der Waals surface area contributed by atoms with Crippen molar-refractivity contribution in [3.63, 3.8) is 0 Å². The molecule has 4 rings (SSSR count). The van der Waals surface area contributed by atoms with E-state index in [9.17, 15) is 9.59 Å². The number of hydrogen-bond acceptors (Lipinski definition) is 5. The molecular formula is C21H24N4O3. The van der Waals surface area contributed by atoms with Gasteiger partial charge in [-0.15, -0.1) is 0 Å². The number of benzene rings is 1. The van der Waals surface area contributed by atoms with E-state index in [4.69, 9.17) is 4.74 Å². The van der Waals surface area contributed by atoms with Gasteiger partial charge in [0.2, 0.25) is 5.91 Å². The van der Waals surface area contributed by atoms with Crippen molar-refractivity contribution < 1.29 is 14.3 Å². The molecule has 1 N–H and O–H groups in total. The quantitative estimate of drug-likeness (QED) is 0.885. The molecule has 2 aliphatic rings. The Morgan fingerprint density at radius 2 is 2.07 bits per heavy atom. The number of amides is 2. The smallest absolute Gasteiger partial charge is 0.255 e. The number of likely N-dealkylation sites (N-methyl/N-ethyl adjacent to an activating group) is 1. The molecule has 0 unspecified atom stereocenters. The summed E-state index contributed by atoms with van der Waals surface area (Å²) in [5.41, 5.74) is 1.64. The van der Waals surface area contributed by atoms with E-state index in [-0.39, 0.29) is 23.9 Å². The first-order chi connectivity index (χ1) is 13.5. The van der Waals surface area contributed by atoms with Crippen molar-refractivity contribution in [3.8, 4) is 5.75 Å². The van der Waals surface area contributed by atoms with Crippen LogP contribution in [0.5, 0.6) is 5.75 Å². The highest BCUT2D eigenvalue weighted by atomic mass is 16.5. The Labute approximate surface area is 164 Å². The van der Waals surface area contributed by atoms with Crippen LogP contribution in [-0.4, -0.2) is 59.4 Å². The highest BCUT2D eigenvalue weighted by Crippen LogP contribution is 2.33. The molecular weight excluding hydrogens is 356 g/mol. The number of hydrogen-bond donors (Lipinski definition) is 1. The minimum atomic E-state index is -0.0801. The molecule has 146 valence electrons. The molecule has 0 spiro atoms. The Hall–Kier alpha value is -3.09. The molecule has 1 aromatic heterocycles. The van der Waals surface area contributed by atoms with Gasteiger partial charge in [0.15, 0.2) is 11.6 Å². The molecule has 1 aromatic carbocycles. The zero-order chi connectivity index (χ0) is 19.7. The van der Waals surface area contributed by atoms with Crippen LogP contribution >= 0.6 is 0 Å². The average Bonchev–Trinajstić information content (AvgIpc) is 3.22. The third-order valence-corrected chi connectivity index (χ3v) is 5.51. The lowest BCUT2D eigenvalue weighted by Gasteiger charge is -2.27. The van der Waals surface area contributed by atoms with E-state index < -0.39 is 0 Å². The number of pyridine rings is 1. The van der Waals surface area contributed by atoms with E-state index in [1.165, 1.54) is 0 Å². The van der Waals surface area contributed by atoms with Gasteiger partial charge in [-0.3, -0.25) is 9.59 Å². The molecule has 3 heterocycles. The van der Waals surface area contributed by atoms with E-state index in [1.54, 1.807) is 36.0 Å². The first kappa shape index (κ1) is 18.3. The maximum atomic E-state index is 12.9. The van der Waals surface area contributed by atoms with Gasteiger partial charge in [0.1, 0.15) is 6.61 Å². The van der Waals surface area contributed by atoms with Crippen molar-refractivity contribution in [2.45, 2.75) is 25.4 Å². The molecule has 7 nitrogen and oxygen atoms in total. The third-order valence-electron chi connectivity index (χ3n) is 5.51. The molecule has 2 aliphatic heterocycles. The summed E-state index contributed by atoms with van der Waals surface area (Å²) in [6.45, 7) is 3.20. The number of rotatable bonds is 3. The van der Waals surface area contributed by atoms with Gasteiger partial charge in [-0.2, -0.15) is 0 Å². The van der Waals surface area contributed by atoms with E-state index in [1.807, 2.05) is 30.3 Å². The monoisotopic (exact) mass is 380 g/mol. The first-order valence-corrected chi connectivity index (χ1v) is 9.50. The van der Waals surface area contributed by atoms with Gasteiger partial charge in [-0.05, 0) is 18.1 Å². The summed E-state index contributed by atoms with van der Waals surface area (Å²) in [6.07, 6.45) is 2.38. The van der Waals surface area contributed by atoms with E-state index in [0.29, 0.717) is 36.8 Å². The van der Waals surface area contributed by atoms with Gasteiger partial charge in [0, 0.05) is 33.3 Å². The van der Waals surface area contributed by atoms with Crippen molar-refractivity contribution in [2.24, 2.45) is 0 Å². The van der Waals surface area contributed by atoms with Gasteiger partial charge >= 0.3 is 0 Å². The van der Waals surface area contributed by atoms with Crippen LogP contribution in [0.15, 0.2) is 42.6 Å². The summed E-state index contributed by atoms with van der Waals surface area (Å²) >= 11 is 0. The van der Waals surface area contributed by atoms with Crippen LogP contribution in [0.1, 0.15) is 35.3 Å². The number of ether oxygens (including phenoxy) is 1. The van der Waals surface area contributed by atoms with Gasteiger partial charge in [-0.1, -0.05) is 30.3 Å². The number of carbonyl (C=O) groups excluding carboxylic acids is 2. The van der Waals surface area contributed by atoms with Crippen LogP contribution < -0.4 is 10.1 Å². The normalized spacial score (nSPS) is 20.7. The number of anilines is 1. The molecule has 0 bridgehead atoms. The van der Waals surface area contributed by atoms with Crippen molar-refractivity contribution in [3.05, 3.63) is 53.7 Å². The third kappa shape index (κ3) is 3.52. The maximum Gasteiger partial charge on any atom is 0.255 e. The number of aromatic nitrogens is 1. The number of likely N-dealkylation sites (tertiary alicyclic amines) is 1. The van der Waals surface area contributed by atoms with Crippen molar-refractivity contribution >= 4 is 17.6 Å². The summed E-state index contributed by atoms with van der Waals surface area (Å²) in [4.78, 5) is 32.3. The lowest BCUT2D eigenvalue weighted by molar-refractivity contribution is -0.129. The number of fused-ring (bicyclic) bond motifs is 1. The number of nitrogens with zero attached hydrogens (tertiary/aromatic N) is 3. The first-order valence-electron chi connectivity index (χ1n) is 9.50. The summed E-state index contributed by atoms with van der Waals surface area (Å²) in [7, 11) is 1.78. The van der Waals surface area contributed by atoms with Crippen LogP contribution in [0.2, 0.25) is 0 Å². The molecule has 0 saturated carbocycles. The van der Waals surface area contributed by atoms with E-state index in [2.05, 4.69) is 10.3 Å². The minimum Gasteiger partial charge on any atom is -0.487 e. The average molecular weight is 380 g/mol. The summed E-state index contributed by atoms with van der Waals surface area (Å²) in [5, 5.41) is 3.38. The summed E-state index contributed by atoms with van der Waals surface area (Å²) in [6, 6.07) is 11.9. The van der Waals surface area contributed by atoms with Crippen LogP contribution in [0.25, 0.3) is 0 Å². The summed E-state index contributed by atoms with van der Waals surface area (Å²) in [5.74, 6) is 1.17. The molecule has 28 heavy (non-hydrogen) atoms. The zero-order valence-electron chi connectivity index (χ0n) is 16.1. The molecule has 1 fully saturated rings. The van der Waals surface area contributed by atoms with Gasteiger partial charge in [0.25, 0.3) is 5.91 Å². The molecule has 0 radical (unpaired) electrons. The molecule has 7 heteroatoms. The Bertz CT molecular complexity index is 886. The van der Waals surface area contributed by atoms with Crippen molar-refractivity contribution in [1.29, 1.82) is 0 Å². The van der Waals surface area contributed by atoms with Crippen LogP contribution in [-0.2, 0) is 4.79 Å². The van der Waals surface area contributed by atoms with Crippen LogP contribution in [0, 0.1) is 0 Å². The largest absolute Gasteiger partial charge is 0.487 e. The number of carbonyl (C=O) groups is 2. The lowest BCUT2D eigenvalue weighted by Crippen LogP contribution is -2.39. The van der Waals surface area contributed by atoms with E-state index >= 15 is 0 Å². The highest BCUT2D eigenvalue weighted by molar-refractivity contribution is 5.95.